The molecule has 0 atom stereocenters. The Labute approximate surface area is 147 Å². The quantitative estimate of drug-likeness (QED) is 0.339. The van der Waals surface area contributed by atoms with Crippen LogP contribution in [0.3, 0.4) is 0 Å². The third-order valence-electron chi connectivity index (χ3n) is 2.83. The first-order valence-corrected chi connectivity index (χ1v) is 7.86. The van der Waals surface area contributed by atoms with E-state index < -0.39 is 10.7 Å². The van der Waals surface area contributed by atoms with Gasteiger partial charge >= 0.3 is 0 Å². The molecule has 0 heterocycles. The molecule has 0 aliphatic heterocycles. The Morgan fingerprint density at radius 1 is 1.22 bits per heavy atom. The summed E-state index contributed by atoms with van der Waals surface area (Å²) in [6.45, 7) is 0.337. The average Bonchev–Trinajstić information content (AvgIpc) is 2.50. The summed E-state index contributed by atoms with van der Waals surface area (Å²) >= 11 is 6.73. The minimum absolute atomic E-state index is 0.110. The van der Waals surface area contributed by atoms with Crippen molar-refractivity contribution in [2.24, 2.45) is 10.2 Å². The second-order valence-corrected chi connectivity index (χ2v) is 6.06. The molecule has 120 valence electrons. The van der Waals surface area contributed by atoms with Crippen LogP contribution in [0, 0.1) is 15.9 Å². The van der Waals surface area contributed by atoms with Crippen molar-refractivity contribution in [3.63, 3.8) is 0 Å². The average molecular weight is 447 g/mol. The number of nitro groups is 1. The molecule has 0 spiro atoms. The Morgan fingerprint density at radius 2 is 1.96 bits per heavy atom. The van der Waals surface area contributed by atoms with Crippen LogP contribution in [-0.2, 0) is 6.54 Å². The number of ether oxygens (including phenoxy) is 1. The van der Waals surface area contributed by atoms with Crippen molar-refractivity contribution >= 4 is 37.5 Å². The number of hydrogen-bond acceptors (Lipinski definition) is 5. The molecule has 23 heavy (non-hydrogen) atoms. The minimum atomic E-state index is -0.816. The molecule has 0 saturated carbocycles. The number of nitrogens with zero attached hydrogens (tertiary/aromatic N) is 3. The zero-order chi connectivity index (χ0) is 17.0. The first-order chi connectivity index (χ1) is 10.9. The lowest BCUT2D eigenvalue weighted by atomic mass is 10.2. The molecule has 0 bridgehead atoms. The summed E-state index contributed by atoms with van der Waals surface area (Å²) in [6.07, 6.45) is 0. The summed E-state index contributed by atoms with van der Waals surface area (Å²) in [5, 5.41) is 18.2. The van der Waals surface area contributed by atoms with E-state index >= 15 is 0 Å². The van der Waals surface area contributed by atoms with E-state index in [1.54, 1.807) is 19.2 Å². The second-order valence-electron chi connectivity index (χ2n) is 4.35. The van der Waals surface area contributed by atoms with Gasteiger partial charge in [-0.2, -0.15) is 10.2 Å². The molecule has 2 rings (SSSR count). The van der Waals surface area contributed by atoms with E-state index in [1.165, 1.54) is 12.1 Å². The smallest absolute Gasteiger partial charge is 0.272 e. The van der Waals surface area contributed by atoms with Gasteiger partial charge < -0.3 is 4.74 Å². The van der Waals surface area contributed by atoms with Crippen molar-refractivity contribution in [3.05, 3.63) is 60.8 Å². The van der Waals surface area contributed by atoms with E-state index in [2.05, 4.69) is 42.1 Å². The highest BCUT2D eigenvalue weighted by Crippen LogP contribution is 2.36. The fraction of sp³-hybridized carbons (Fsp3) is 0.143. The van der Waals surface area contributed by atoms with Crippen LogP contribution in [0.1, 0.15) is 5.56 Å². The number of azo groups is 1. The van der Waals surface area contributed by atoms with Gasteiger partial charge in [0, 0.05) is 17.6 Å². The fourth-order valence-electron chi connectivity index (χ4n) is 1.72. The number of nitro benzene ring substituents is 1. The van der Waals surface area contributed by atoms with E-state index in [0.717, 1.165) is 16.1 Å². The van der Waals surface area contributed by atoms with Gasteiger partial charge in [-0.05, 0) is 39.7 Å². The van der Waals surface area contributed by atoms with Gasteiger partial charge in [0.15, 0.2) is 11.6 Å². The molecule has 0 saturated heterocycles. The first kappa shape index (κ1) is 17.5. The van der Waals surface area contributed by atoms with Gasteiger partial charge in [0.2, 0.25) is 0 Å². The second kappa shape index (κ2) is 7.60. The van der Waals surface area contributed by atoms with Crippen LogP contribution in [0.2, 0.25) is 0 Å². The van der Waals surface area contributed by atoms with Gasteiger partial charge in [0.1, 0.15) is 5.75 Å². The van der Waals surface area contributed by atoms with Crippen LogP contribution in [0.25, 0.3) is 0 Å². The Bertz CT molecular complexity index is 784. The molecule has 0 fully saturated rings. The van der Waals surface area contributed by atoms with Gasteiger partial charge in [-0.1, -0.05) is 15.9 Å². The van der Waals surface area contributed by atoms with Gasteiger partial charge in [-0.3, -0.25) is 10.1 Å². The van der Waals surface area contributed by atoms with Gasteiger partial charge in [-0.25, -0.2) is 4.39 Å². The SMILES string of the molecule is CN=NCc1cc(Oc2ccc([N+](=O)[O-])cc2F)c(Br)cc1Br. The zero-order valence-electron chi connectivity index (χ0n) is 11.8. The van der Waals surface area contributed by atoms with Gasteiger partial charge in [0.05, 0.1) is 22.0 Å². The summed E-state index contributed by atoms with van der Waals surface area (Å²) < 4.78 is 20.8. The molecule has 9 heteroatoms. The van der Waals surface area contributed by atoms with E-state index in [-0.39, 0.29) is 11.4 Å². The van der Waals surface area contributed by atoms with Crippen molar-refractivity contribution in [2.75, 3.05) is 7.05 Å². The normalized spacial score (nSPS) is 11.0. The van der Waals surface area contributed by atoms with Crippen molar-refractivity contribution in [1.82, 2.24) is 0 Å². The van der Waals surface area contributed by atoms with Crippen LogP contribution < -0.4 is 4.74 Å². The fourth-order valence-corrected chi connectivity index (χ4v) is 2.92. The summed E-state index contributed by atoms with van der Waals surface area (Å²) in [7, 11) is 1.57. The van der Waals surface area contributed by atoms with Crippen LogP contribution in [0.15, 0.2) is 49.5 Å². The van der Waals surface area contributed by atoms with E-state index in [9.17, 15) is 14.5 Å². The highest BCUT2D eigenvalue weighted by Gasteiger charge is 2.14. The molecule has 0 amide bonds. The number of rotatable bonds is 5. The first-order valence-electron chi connectivity index (χ1n) is 6.27. The standard InChI is InChI=1S/C14H10Br2FN3O3/c1-18-19-7-8-4-14(11(16)6-10(8)15)23-13-3-2-9(20(21)22)5-12(13)17/h2-6H,7H2,1H3. The summed E-state index contributed by atoms with van der Waals surface area (Å²) in [5.41, 5.74) is 0.463. The Balaban J connectivity index is 2.34. The highest BCUT2D eigenvalue weighted by molar-refractivity contribution is 9.11. The molecule has 2 aromatic rings. The molecule has 0 aromatic heterocycles. The molecule has 2 aromatic carbocycles. The molecular weight excluding hydrogens is 437 g/mol. The van der Waals surface area contributed by atoms with Crippen LogP contribution in [0.5, 0.6) is 11.5 Å². The molecule has 0 aliphatic carbocycles. The third kappa shape index (κ3) is 4.32. The summed E-state index contributed by atoms with van der Waals surface area (Å²) in [4.78, 5) is 9.96. The van der Waals surface area contributed by atoms with Crippen molar-refractivity contribution < 1.29 is 14.1 Å². The van der Waals surface area contributed by atoms with Crippen molar-refractivity contribution in [3.8, 4) is 11.5 Å². The van der Waals surface area contributed by atoms with Crippen LogP contribution >= 0.6 is 31.9 Å². The lowest BCUT2D eigenvalue weighted by Crippen LogP contribution is -1.94. The zero-order valence-corrected chi connectivity index (χ0v) is 15.0. The Morgan fingerprint density at radius 3 is 2.57 bits per heavy atom. The number of halogens is 3. The van der Waals surface area contributed by atoms with E-state index in [0.29, 0.717) is 16.8 Å². The minimum Gasteiger partial charge on any atom is -0.453 e. The van der Waals surface area contributed by atoms with Crippen LogP contribution in [-0.4, -0.2) is 12.0 Å². The largest absolute Gasteiger partial charge is 0.453 e. The van der Waals surface area contributed by atoms with Gasteiger partial charge in [-0.15, -0.1) is 0 Å². The number of hydrogen-bond donors (Lipinski definition) is 0. The molecule has 0 N–H and O–H groups in total. The Kier molecular flexibility index (Phi) is 5.78. The molecule has 0 aliphatic rings. The molecule has 0 radical (unpaired) electrons. The molecule has 0 unspecified atom stereocenters. The van der Waals surface area contributed by atoms with E-state index in [4.69, 9.17) is 4.74 Å². The molecular formula is C14H10Br2FN3O3. The lowest BCUT2D eigenvalue weighted by molar-refractivity contribution is -0.385. The maximum absolute atomic E-state index is 13.9. The predicted molar refractivity (Wildman–Crippen MR) is 89.5 cm³/mol. The number of non-ortho nitro benzene ring substituents is 1. The summed E-state index contributed by atoms with van der Waals surface area (Å²) in [6, 6.07) is 6.64. The maximum atomic E-state index is 13.9. The van der Waals surface area contributed by atoms with Gasteiger partial charge in [0.25, 0.3) is 5.69 Å². The topological polar surface area (TPSA) is 77.1 Å². The highest BCUT2D eigenvalue weighted by atomic mass is 79.9. The predicted octanol–water partition coefficient (Wildman–Crippen LogP) is 5.63. The lowest BCUT2D eigenvalue weighted by Gasteiger charge is -2.11. The number of benzene rings is 2. The van der Waals surface area contributed by atoms with Crippen LogP contribution in [0.4, 0.5) is 10.1 Å². The summed E-state index contributed by atoms with van der Waals surface area (Å²) in [5.74, 6) is -0.562. The van der Waals surface area contributed by atoms with Crippen molar-refractivity contribution in [2.45, 2.75) is 6.54 Å². The Hall–Kier alpha value is -1.87. The monoisotopic (exact) mass is 445 g/mol. The van der Waals surface area contributed by atoms with E-state index in [1.807, 2.05) is 0 Å². The maximum Gasteiger partial charge on any atom is 0.272 e. The third-order valence-corrected chi connectivity index (χ3v) is 4.19. The molecule has 6 nitrogen and oxygen atoms in total. The van der Waals surface area contributed by atoms with Crippen molar-refractivity contribution in [1.29, 1.82) is 0 Å².